The van der Waals surface area contributed by atoms with E-state index >= 15 is 0 Å². The van der Waals surface area contributed by atoms with Crippen LogP contribution in [0.4, 0.5) is 0 Å². The number of carbonyl (C=O) groups excluding carboxylic acids is 1. The molecule has 57 valence electrons. The predicted molar refractivity (Wildman–Crippen MR) is 36.7 cm³/mol. The van der Waals surface area contributed by atoms with Crippen molar-refractivity contribution < 1.29 is 9.53 Å². The average Bonchev–Trinajstić information content (AvgIpc) is 2.05. The van der Waals surface area contributed by atoms with Gasteiger partial charge in [-0.15, -0.1) is 0 Å². The van der Waals surface area contributed by atoms with E-state index in [9.17, 15) is 4.79 Å². The maximum absolute atomic E-state index is 10.9. The molecule has 0 amide bonds. The van der Waals surface area contributed by atoms with Crippen LogP contribution in [-0.2, 0) is 9.53 Å². The van der Waals surface area contributed by atoms with Crippen molar-refractivity contribution in [3.8, 4) is 0 Å². The van der Waals surface area contributed by atoms with Crippen molar-refractivity contribution in [3.05, 3.63) is 0 Å². The zero-order valence-corrected chi connectivity index (χ0v) is 6.17. The molecule has 1 atom stereocenters. The van der Waals surface area contributed by atoms with Crippen LogP contribution in [0.1, 0.15) is 19.3 Å². The van der Waals surface area contributed by atoms with Crippen LogP contribution >= 0.6 is 0 Å². The maximum Gasteiger partial charge on any atom is 0.324 e. The molecule has 1 aliphatic rings. The topological polar surface area (TPSA) is 40.4 Å². The van der Waals surface area contributed by atoms with Crippen LogP contribution in [0.25, 0.3) is 0 Å². The number of hydrogen-bond donors (Lipinski definition) is 0. The zero-order chi connectivity index (χ0) is 7.40. The third kappa shape index (κ3) is 1.70. The molecule has 0 unspecified atom stereocenters. The Kier molecular flexibility index (Phi) is 2.68. The van der Waals surface area contributed by atoms with E-state index in [1.54, 1.807) is 0 Å². The van der Waals surface area contributed by atoms with Crippen molar-refractivity contribution in [2.45, 2.75) is 25.3 Å². The van der Waals surface area contributed by atoms with E-state index in [1.807, 2.05) is 0 Å². The van der Waals surface area contributed by atoms with E-state index in [1.165, 1.54) is 7.11 Å². The van der Waals surface area contributed by atoms with Gasteiger partial charge < -0.3 is 4.74 Å². The SMILES string of the molecule is COC(=O)[C@@H]1CCCC[N]1. The first kappa shape index (κ1) is 7.54. The summed E-state index contributed by atoms with van der Waals surface area (Å²) in [5, 5.41) is 4.13. The predicted octanol–water partition coefficient (Wildman–Crippen LogP) is 0.316. The second kappa shape index (κ2) is 3.56. The fourth-order valence-electron chi connectivity index (χ4n) is 1.12. The third-order valence-electron chi connectivity index (χ3n) is 1.71. The summed E-state index contributed by atoms with van der Waals surface area (Å²) in [6.07, 6.45) is 3.09. The summed E-state index contributed by atoms with van der Waals surface area (Å²) >= 11 is 0. The molecular weight excluding hydrogens is 130 g/mol. The molecule has 1 saturated heterocycles. The summed E-state index contributed by atoms with van der Waals surface area (Å²) in [7, 11) is 1.41. The van der Waals surface area contributed by atoms with Crippen molar-refractivity contribution in [3.63, 3.8) is 0 Å². The van der Waals surface area contributed by atoms with Gasteiger partial charge in [-0.2, -0.15) is 0 Å². The van der Waals surface area contributed by atoms with Gasteiger partial charge in [0.25, 0.3) is 0 Å². The lowest BCUT2D eigenvalue weighted by Gasteiger charge is -2.18. The molecule has 0 aromatic heterocycles. The second-order valence-corrected chi connectivity index (χ2v) is 2.44. The molecule has 1 aliphatic heterocycles. The lowest BCUT2D eigenvalue weighted by Crippen LogP contribution is -2.35. The molecule has 1 rings (SSSR count). The lowest BCUT2D eigenvalue weighted by molar-refractivity contribution is -0.143. The Balaban J connectivity index is 2.31. The standard InChI is InChI=1S/C7H12NO2/c1-10-7(9)6-4-2-3-5-8-6/h6H,2-5H2,1H3/t6-/m0/s1. The first-order valence-electron chi connectivity index (χ1n) is 3.59. The van der Waals surface area contributed by atoms with E-state index in [0.717, 1.165) is 25.8 Å². The Bertz CT molecular complexity index is 119. The quantitative estimate of drug-likeness (QED) is 0.494. The molecule has 0 aliphatic carbocycles. The minimum Gasteiger partial charge on any atom is -0.468 e. The molecule has 0 bridgehead atoms. The van der Waals surface area contributed by atoms with Gasteiger partial charge in [0, 0.05) is 6.54 Å². The van der Waals surface area contributed by atoms with Gasteiger partial charge in [-0.05, 0) is 19.3 Å². The highest BCUT2D eigenvalue weighted by Crippen LogP contribution is 2.08. The Hall–Kier alpha value is -0.570. The fraction of sp³-hybridized carbons (Fsp3) is 0.857. The van der Waals surface area contributed by atoms with Crippen LogP contribution in [0, 0.1) is 0 Å². The van der Waals surface area contributed by atoms with Crippen molar-refractivity contribution in [2.75, 3.05) is 13.7 Å². The van der Waals surface area contributed by atoms with Gasteiger partial charge in [0.1, 0.15) is 6.04 Å². The summed E-state index contributed by atoms with van der Waals surface area (Å²) in [6.45, 7) is 0.819. The monoisotopic (exact) mass is 142 g/mol. The van der Waals surface area contributed by atoms with Gasteiger partial charge in [0.15, 0.2) is 0 Å². The van der Waals surface area contributed by atoms with Gasteiger partial charge in [-0.1, -0.05) is 0 Å². The Morgan fingerprint density at radius 3 is 2.90 bits per heavy atom. The summed E-state index contributed by atoms with van der Waals surface area (Å²) in [4.78, 5) is 10.9. The Morgan fingerprint density at radius 1 is 1.60 bits per heavy atom. The van der Waals surface area contributed by atoms with Gasteiger partial charge in [-0.3, -0.25) is 4.79 Å². The van der Waals surface area contributed by atoms with Gasteiger partial charge in [-0.25, -0.2) is 5.32 Å². The summed E-state index contributed by atoms with van der Waals surface area (Å²) in [5.41, 5.74) is 0. The molecule has 0 spiro atoms. The maximum atomic E-state index is 10.9. The molecule has 3 nitrogen and oxygen atoms in total. The van der Waals surface area contributed by atoms with E-state index in [2.05, 4.69) is 10.1 Å². The van der Waals surface area contributed by atoms with Crippen LogP contribution in [0.5, 0.6) is 0 Å². The molecule has 3 heteroatoms. The van der Waals surface area contributed by atoms with Crippen LogP contribution in [-0.4, -0.2) is 25.7 Å². The minimum atomic E-state index is -0.181. The normalized spacial score (nSPS) is 25.9. The van der Waals surface area contributed by atoms with Crippen molar-refractivity contribution in [1.29, 1.82) is 0 Å². The number of esters is 1. The highest BCUT2D eigenvalue weighted by molar-refractivity contribution is 5.75. The van der Waals surface area contributed by atoms with Gasteiger partial charge in [0.05, 0.1) is 7.11 Å². The number of rotatable bonds is 1. The molecule has 1 radical (unpaired) electrons. The summed E-state index contributed by atoms with van der Waals surface area (Å²) in [6, 6.07) is -0.168. The van der Waals surface area contributed by atoms with E-state index in [-0.39, 0.29) is 12.0 Å². The van der Waals surface area contributed by atoms with E-state index in [0.29, 0.717) is 0 Å². The summed E-state index contributed by atoms with van der Waals surface area (Å²) in [5.74, 6) is -0.181. The smallest absolute Gasteiger partial charge is 0.324 e. The average molecular weight is 142 g/mol. The molecular formula is C7H12NO2. The molecule has 1 heterocycles. The van der Waals surface area contributed by atoms with E-state index in [4.69, 9.17) is 0 Å². The van der Waals surface area contributed by atoms with Crippen molar-refractivity contribution in [2.24, 2.45) is 0 Å². The van der Waals surface area contributed by atoms with E-state index < -0.39 is 0 Å². The molecule has 1 fully saturated rings. The van der Waals surface area contributed by atoms with Crippen LogP contribution in [0.15, 0.2) is 0 Å². The first-order valence-corrected chi connectivity index (χ1v) is 3.59. The highest BCUT2D eigenvalue weighted by atomic mass is 16.5. The third-order valence-corrected chi connectivity index (χ3v) is 1.71. The number of nitrogens with zero attached hydrogens (tertiary/aromatic N) is 1. The number of hydrogen-bond acceptors (Lipinski definition) is 2. The fourth-order valence-corrected chi connectivity index (χ4v) is 1.12. The Morgan fingerprint density at radius 2 is 2.40 bits per heavy atom. The second-order valence-electron chi connectivity index (χ2n) is 2.44. The van der Waals surface area contributed by atoms with Crippen LogP contribution in [0.2, 0.25) is 0 Å². The minimum absolute atomic E-state index is 0.168. The molecule has 10 heavy (non-hydrogen) atoms. The van der Waals surface area contributed by atoms with Gasteiger partial charge in [0.2, 0.25) is 0 Å². The lowest BCUT2D eigenvalue weighted by atomic mass is 10.1. The molecule has 0 aromatic rings. The largest absolute Gasteiger partial charge is 0.468 e. The highest BCUT2D eigenvalue weighted by Gasteiger charge is 2.21. The molecule has 0 N–H and O–H groups in total. The Labute approximate surface area is 60.7 Å². The van der Waals surface area contributed by atoms with Crippen molar-refractivity contribution in [1.82, 2.24) is 5.32 Å². The molecule has 0 aromatic carbocycles. The number of carbonyl (C=O) groups is 1. The molecule has 0 saturated carbocycles. The zero-order valence-electron chi connectivity index (χ0n) is 6.17. The van der Waals surface area contributed by atoms with Gasteiger partial charge >= 0.3 is 5.97 Å². The first-order chi connectivity index (χ1) is 4.84. The number of methoxy groups -OCH3 is 1. The summed E-state index contributed by atoms with van der Waals surface area (Å²) < 4.78 is 4.56. The number of piperidine rings is 1. The van der Waals surface area contributed by atoms with Crippen LogP contribution in [0.3, 0.4) is 0 Å². The number of ether oxygens (including phenoxy) is 1. The van der Waals surface area contributed by atoms with Crippen molar-refractivity contribution >= 4 is 5.97 Å². The van der Waals surface area contributed by atoms with Crippen LogP contribution < -0.4 is 5.32 Å².